The second kappa shape index (κ2) is 6.36. The normalized spacial score (nSPS) is 14.9. The Morgan fingerprint density at radius 1 is 1.37 bits per heavy atom. The summed E-state index contributed by atoms with van der Waals surface area (Å²) < 4.78 is 13.5. The first-order valence-corrected chi connectivity index (χ1v) is 6.68. The van der Waals surface area contributed by atoms with Gasteiger partial charge in [0.15, 0.2) is 0 Å². The first kappa shape index (κ1) is 13.6. The third kappa shape index (κ3) is 3.81. The van der Waals surface area contributed by atoms with Crippen LogP contribution < -0.4 is 11.1 Å². The second-order valence-electron chi connectivity index (χ2n) is 4.85. The summed E-state index contributed by atoms with van der Waals surface area (Å²) in [5.41, 5.74) is 7.35. The Hall–Kier alpha value is -1.84. The van der Waals surface area contributed by atoms with Crippen LogP contribution in [0.1, 0.15) is 42.5 Å². The number of hydrogen-bond donors (Lipinski definition) is 2. The monoisotopic (exact) mass is 262 g/mol. The lowest BCUT2D eigenvalue weighted by molar-refractivity contribution is 0.0950. The SMILES string of the molecule is Nc1ccc(F)c(C(=O)NCCC2=CCCCC2)c1. The van der Waals surface area contributed by atoms with E-state index in [4.69, 9.17) is 5.73 Å². The van der Waals surface area contributed by atoms with Crippen LogP contribution in [0.2, 0.25) is 0 Å². The van der Waals surface area contributed by atoms with Gasteiger partial charge < -0.3 is 11.1 Å². The number of nitrogens with one attached hydrogen (secondary N) is 1. The lowest BCUT2D eigenvalue weighted by Crippen LogP contribution is -2.26. The van der Waals surface area contributed by atoms with Gasteiger partial charge >= 0.3 is 0 Å². The maximum atomic E-state index is 13.5. The fraction of sp³-hybridized carbons (Fsp3) is 0.400. The highest BCUT2D eigenvalue weighted by atomic mass is 19.1. The molecule has 0 bridgehead atoms. The van der Waals surface area contributed by atoms with Crippen LogP contribution in [0.3, 0.4) is 0 Å². The predicted molar refractivity (Wildman–Crippen MR) is 74.3 cm³/mol. The molecule has 1 aromatic carbocycles. The van der Waals surface area contributed by atoms with Crippen molar-refractivity contribution in [3.8, 4) is 0 Å². The van der Waals surface area contributed by atoms with Crippen molar-refractivity contribution in [3.63, 3.8) is 0 Å². The van der Waals surface area contributed by atoms with Gasteiger partial charge in [0, 0.05) is 12.2 Å². The number of nitrogens with two attached hydrogens (primary N) is 1. The van der Waals surface area contributed by atoms with Gasteiger partial charge in [0.05, 0.1) is 5.56 Å². The molecule has 4 heteroatoms. The van der Waals surface area contributed by atoms with E-state index >= 15 is 0 Å². The van der Waals surface area contributed by atoms with Crippen molar-refractivity contribution in [2.45, 2.75) is 32.1 Å². The van der Waals surface area contributed by atoms with E-state index in [0.717, 1.165) is 19.3 Å². The molecule has 1 aliphatic carbocycles. The van der Waals surface area contributed by atoms with Gasteiger partial charge in [-0.2, -0.15) is 0 Å². The average molecular weight is 262 g/mol. The van der Waals surface area contributed by atoms with Crippen molar-refractivity contribution < 1.29 is 9.18 Å². The number of carbonyl (C=O) groups excluding carboxylic acids is 1. The number of carbonyl (C=O) groups is 1. The molecular formula is C15H19FN2O. The van der Waals surface area contributed by atoms with Crippen LogP contribution in [0, 0.1) is 5.82 Å². The summed E-state index contributed by atoms with van der Waals surface area (Å²) in [7, 11) is 0. The minimum Gasteiger partial charge on any atom is -0.399 e. The van der Waals surface area contributed by atoms with Gasteiger partial charge in [-0.15, -0.1) is 0 Å². The summed E-state index contributed by atoms with van der Waals surface area (Å²) in [4.78, 5) is 11.8. The van der Waals surface area contributed by atoms with E-state index in [-0.39, 0.29) is 5.56 Å². The van der Waals surface area contributed by atoms with Gasteiger partial charge in [0.1, 0.15) is 5.82 Å². The van der Waals surface area contributed by atoms with Crippen LogP contribution >= 0.6 is 0 Å². The summed E-state index contributed by atoms with van der Waals surface area (Å²) in [6.07, 6.45) is 7.82. The quantitative estimate of drug-likeness (QED) is 0.647. The van der Waals surface area contributed by atoms with Crippen molar-refractivity contribution in [3.05, 3.63) is 41.2 Å². The zero-order chi connectivity index (χ0) is 13.7. The fourth-order valence-corrected chi connectivity index (χ4v) is 2.28. The van der Waals surface area contributed by atoms with E-state index in [1.165, 1.54) is 36.6 Å². The van der Waals surface area contributed by atoms with E-state index in [1.54, 1.807) is 0 Å². The van der Waals surface area contributed by atoms with Crippen LogP contribution in [-0.4, -0.2) is 12.5 Å². The minimum atomic E-state index is -0.538. The molecule has 102 valence electrons. The highest BCUT2D eigenvalue weighted by molar-refractivity contribution is 5.95. The molecular weight excluding hydrogens is 243 g/mol. The molecule has 0 aliphatic heterocycles. The number of rotatable bonds is 4. The topological polar surface area (TPSA) is 55.1 Å². The average Bonchev–Trinajstić information content (AvgIpc) is 2.42. The molecule has 1 amide bonds. The molecule has 3 N–H and O–H groups in total. The van der Waals surface area contributed by atoms with E-state index in [1.807, 2.05) is 0 Å². The fourth-order valence-electron chi connectivity index (χ4n) is 2.28. The molecule has 1 aromatic rings. The highest BCUT2D eigenvalue weighted by Crippen LogP contribution is 2.19. The second-order valence-corrected chi connectivity index (χ2v) is 4.85. The van der Waals surface area contributed by atoms with Gasteiger partial charge in [-0.05, 0) is 50.3 Å². The molecule has 0 fully saturated rings. The van der Waals surface area contributed by atoms with E-state index in [2.05, 4.69) is 11.4 Å². The Morgan fingerprint density at radius 3 is 2.95 bits per heavy atom. The molecule has 0 atom stereocenters. The van der Waals surface area contributed by atoms with Crippen molar-refractivity contribution in [1.29, 1.82) is 0 Å². The first-order valence-electron chi connectivity index (χ1n) is 6.68. The minimum absolute atomic E-state index is 0.0117. The highest BCUT2D eigenvalue weighted by Gasteiger charge is 2.12. The molecule has 3 nitrogen and oxygen atoms in total. The number of hydrogen-bond acceptors (Lipinski definition) is 2. The number of allylic oxidation sites excluding steroid dienone is 1. The van der Waals surface area contributed by atoms with E-state index in [9.17, 15) is 9.18 Å². The van der Waals surface area contributed by atoms with Gasteiger partial charge in [-0.25, -0.2) is 4.39 Å². The van der Waals surface area contributed by atoms with E-state index in [0.29, 0.717) is 12.2 Å². The summed E-state index contributed by atoms with van der Waals surface area (Å²) in [6, 6.07) is 4.03. The number of benzene rings is 1. The Balaban J connectivity index is 1.87. The molecule has 0 aromatic heterocycles. The molecule has 0 heterocycles. The summed E-state index contributed by atoms with van der Waals surface area (Å²) in [5, 5.41) is 2.74. The molecule has 0 radical (unpaired) electrons. The van der Waals surface area contributed by atoms with E-state index < -0.39 is 11.7 Å². The first-order chi connectivity index (χ1) is 9.16. The molecule has 0 saturated heterocycles. The molecule has 0 unspecified atom stereocenters. The Kier molecular flexibility index (Phi) is 4.55. The zero-order valence-corrected chi connectivity index (χ0v) is 10.9. The third-order valence-corrected chi connectivity index (χ3v) is 3.35. The van der Waals surface area contributed by atoms with Gasteiger partial charge in [-0.1, -0.05) is 11.6 Å². The zero-order valence-electron chi connectivity index (χ0n) is 10.9. The maximum absolute atomic E-state index is 13.5. The predicted octanol–water partition coefficient (Wildman–Crippen LogP) is 3.03. The largest absolute Gasteiger partial charge is 0.399 e. The summed E-state index contributed by atoms with van der Waals surface area (Å²) in [6.45, 7) is 0.541. The Bertz CT molecular complexity index is 497. The van der Waals surface area contributed by atoms with Crippen LogP contribution in [0.15, 0.2) is 29.8 Å². The van der Waals surface area contributed by atoms with Crippen LogP contribution in [0.5, 0.6) is 0 Å². The van der Waals surface area contributed by atoms with Crippen LogP contribution in [-0.2, 0) is 0 Å². The van der Waals surface area contributed by atoms with Crippen molar-refractivity contribution in [1.82, 2.24) is 5.32 Å². The number of amides is 1. The van der Waals surface area contributed by atoms with Gasteiger partial charge in [0.2, 0.25) is 0 Å². The molecule has 0 spiro atoms. The van der Waals surface area contributed by atoms with Crippen molar-refractivity contribution in [2.24, 2.45) is 0 Å². The van der Waals surface area contributed by atoms with Crippen molar-refractivity contribution >= 4 is 11.6 Å². The Morgan fingerprint density at radius 2 is 2.21 bits per heavy atom. The number of anilines is 1. The van der Waals surface area contributed by atoms with Crippen LogP contribution in [0.4, 0.5) is 10.1 Å². The maximum Gasteiger partial charge on any atom is 0.254 e. The summed E-state index contributed by atoms with van der Waals surface area (Å²) in [5.74, 6) is -0.940. The lowest BCUT2D eigenvalue weighted by atomic mass is 9.97. The molecule has 19 heavy (non-hydrogen) atoms. The molecule has 2 rings (SSSR count). The number of halogens is 1. The summed E-state index contributed by atoms with van der Waals surface area (Å²) >= 11 is 0. The lowest BCUT2D eigenvalue weighted by Gasteiger charge is -2.13. The molecule has 1 aliphatic rings. The standard InChI is InChI=1S/C15H19FN2O/c16-14-7-6-12(17)10-13(14)15(19)18-9-8-11-4-2-1-3-5-11/h4,6-7,10H,1-3,5,8-9,17H2,(H,18,19). The third-order valence-electron chi connectivity index (χ3n) is 3.35. The Labute approximate surface area is 112 Å². The van der Waals surface area contributed by atoms with Crippen LogP contribution in [0.25, 0.3) is 0 Å². The molecule has 0 saturated carbocycles. The van der Waals surface area contributed by atoms with Crippen molar-refractivity contribution in [2.75, 3.05) is 12.3 Å². The van der Waals surface area contributed by atoms with Gasteiger partial charge in [-0.3, -0.25) is 4.79 Å². The number of nitrogen functional groups attached to an aromatic ring is 1. The van der Waals surface area contributed by atoms with Gasteiger partial charge in [0.25, 0.3) is 5.91 Å². The smallest absolute Gasteiger partial charge is 0.254 e.